The van der Waals surface area contributed by atoms with Crippen molar-refractivity contribution < 1.29 is 9.47 Å². The molecule has 2 fully saturated rings. The van der Waals surface area contributed by atoms with E-state index < -0.39 is 0 Å². The quantitative estimate of drug-likeness (QED) is 0.219. The second-order valence-corrected chi connectivity index (χ2v) is 16.4. The molecule has 0 amide bonds. The summed E-state index contributed by atoms with van der Waals surface area (Å²) in [6, 6.07) is 18.6. The van der Waals surface area contributed by atoms with E-state index in [-0.39, 0.29) is 35.6 Å². The highest BCUT2D eigenvalue weighted by atomic mass is 35.5. The van der Waals surface area contributed by atoms with E-state index in [2.05, 4.69) is 141 Å². The number of ether oxygens (including phenoxy) is 2. The molecule has 6 atom stereocenters. The standard InChI is InChI=1S/2C21H35NO.2ClH/c2*1-7-21(5,6)20-10-8-19(9-11-20)12-16(2)13-22-14-17(3)23-18(4)15-22;;/h2*8-11,16-18H,7,12-15H2,1-6H3;2*1H/t2*16?,17-,18+;;. The van der Waals surface area contributed by atoms with Gasteiger partial charge in [-0.1, -0.05) is 104 Å². The van der Waals surface area contributed by atoms with Gasteiger partial charge in [0.2, 0.25) is 0 Å². The van der Waals surface area contributed by atoms with Crippen molar-refractivity contribution in [3.63, 3.8) is 0 Å². The van der Waals surface area contributed by atoms with Gasteiger partial charge in [-0.15, -0.1) is 24.8 Å². The van der Waals surface area contributed by atoms with Crippen molar-refractivity contribution in [1.82, 2.24) is 9.80 Å². The summed E-state index contributed by atoms with van der Waals surface area (Å²) < 4.78 is 11.7. The Balaban J connectivity index is 0.000000461. The van der Waals surface area contributed by atoms with E-state index in [1.807, 2.05) is 0 Å². The lowest BCUT2D eigenvalue weighted by atomic mass is 9.82. The van der Waals surface area contributed by atoms with E-state index in [0.29, 0.717) is 36.3 Å². The van der Waals surface area contributed by atoms with Crippen LogP contribution in [0.2, 0.25) is 0 Å². The summed E-state index contributed by atoms with van der Waals surface area (Å²) in [5, 5.41) is 0. The van der Waals surface area contributed by atoms with Crippen LogP contribution < -0.4 is 0 Å². The van der Waals surface area contributed by atoms with Gasteiger partial charge in [-0.25, -0.2) is 0 Å². The van der Waals surface area contributed by atoms with Crippen LogP contribution in [0.5, 0.6) is 0 Å². The number of hydrogen-bond donors (Lipinski definition) is 0. The molecule has 2 aromatic carbocycles. The van der Waals surface area contributed by atoms with Crippen molar-refractivity contribution in [2.45, 2.75) is 144 Å². The van der Waals surface area contributed by atoms with Gasteiger partial charge in [0.25, 0.3) is 0 Å². The third-order valence-corrected chi connectivity index (χ3v) is 10.5. The molecule has 0 radical (unpaired) electrons. The van der Waals surface area contributed by atoms with Crippen LogP contribution in [0.25, 0.3) is 0 Å². The van der Waals surface area contributed by atoms with Gasteiger partial charge in [-0.3, -0.25) is 9.80 Å². The monoisotopic (exact) mass is 706 g/mol. The maximum absolute atomic E-state index is 5.83. The molecule has 4 rings (SSSR count). The Morgan fingerprint density at radius 2 is 0.833 bits per heavy atom. The van der Waals surface area contributed by atoms with E-state index in [1.165, 1.54) is 48.2 Å². The molecular weight excluding hydrogens is 635 g/mol. The molecule has 0 saturated carbocycles. The molecule has 2 heterocycles. The fourth-order valence-corrected chi connectivity index (χ4v) is 7.27. The number of rotatable bonds is 12. The largest absolute Gasteiger partial charge is 0.373 e. The molecule has 2 saturated heterocycles. The van der Waals surface area contributed by atoms with Gasteiger partial charge in [0.15, 0.2) is 0 Å². The van der Waals surface area contributed by atoms with E-state index in [0.717, 1.165) is 39.0 Å². The minimum absolute atomic E-state index is 0. The minimum Gasteiger partial charge on any atom is -0.373 e. The van der Waals surface area contributed by atoms with Gasteiger partial charge in [0.1, 0.15) is 0 Å². The fourth-order valence-electron chi connectivity index (χ4n) is 7.27. The zero-order valence-electron chi connectivity index (χ0n) is 32.7. The Morgan fingerprint density at radius 3 is 1.08 bits per heavy atom. The first-order chi connectivity index (χ1) is 21.6. The summed E-state index contributed by atoms with van der Waals surface area (Å²) >= 11 is 0. The molecule has 276 valence electrons. The van der Waals surface area contributed by atoms with Crippen LogP contribution >= 0.6 is 24.8 Å². The molecule has 2 unspecified atom stereocenters. The highest BCUT2D eigenvalue weighted by Gasteiger charge is 2.25. The summed E-state index contributed by atoms with van der Waals surface area (Å²) in [6.45, 7) is 33.9. The lowest BCUT2D eigenvalue weighted by Gasteiger charge is -2.36. The van der Waals surface area contributed by atoms with Crippen LogP contribution in [0.3, 0.4) is 0 Å². The first-order valence-corrected chi connectivity index (χ1v) is 18.5. The third kappa shape index (κ3) is 14.6. The van der Waals surface area contributed by atoms with Crippen molar-refractivity contribution in [3.8, 4) is 0 Å². The zero-order chi connectivity index (χ0) is 34.1. The highest BCUT2D eigenvalue weighted by Crippen LogP contribution is 2.28. The smallest absolute Gasteiger partial charge is 0.0678 e. The summed E-state index contributed by atoms with van der Waals surface area (Å²) in [5.41, 5.74) is 6.39. The molecular formula is C42H72Cl2N2O2. The maximum Gasteiger partial charge on any atom is 0.0678 e. The third-order valence-electron chi connectivity index (χ3n) is 10.5. The molecule has 48 heavy (non-hydrogen) atoms. The Labute approximate surface area is 308 Å². The first-order valence-electron chi connectivity index (χ1n) is 18.5. The lowest BCUT2D eigenvalue weighted by molar-refractivity contribution is -0.0711. The van der Waals surface area contributed by atoms with E-state index >= 15 is 0 Å². The van der Waals surface area contributed by atoms with Crippen molar-refractivity contribution in [3.05, 3.63) is 70.8 Å². The summed E-state index contributed by atoms with van der Waals surface area (Å²) in [4.78, 5) is 5.14. The zero-order valence-corrected chi connectivity index (χ0v) is 34.3. The molecule has 0 aliphatic carbocycles. The molecule has 2 aliphatic heterocycles. The normalized spacial score (nSPS) is 23.6. The van der Waals surface area contributed by atoms with Gasteiger partial charge < -0.3 is 9.47 Å². The predicted octanol–water partition coefficient (Wildman–Crippen LogP) is 10.2. The number of halogens is 2. The SMILES string of the molecule is CCC(C)(C)c1ccc(CC(C)CN2C[C@@H](C)O[C@@H](C)C2)cc1.CCC(C)(C)c1ccc(CC(C)CN2C[C@@H](C)O[C@@H](C)C2)cc1.Cl.Cl. The summed E-state index contributed by atoms with van der Waals surface area (Å²) in [5.74, 6) is 1.36. The fraction of sp³-hybridized carbons (Fsp3) is 0.714. The Bertz CT molecular complexity index is 1040. The molecule has 4 nitrogen and oxygen atoms in total. The van der Waals surface area contributed by atoms with Crippen LogP contribution in [0, 0.1) is 11.8 Å². The van der Waals surface area contributed by atoms with Crippen LogP contribution in [0.4, 0.5) is 0 Å². The van der Waals surface area contributed by atoms with Crippen LogP contribution in [0.15, 0.2) is 48.5 Å². The molecule has 0 N–H and O–H groups in total. The number of benzene rings is 2. The van der Waals surface area contributed by atoms with Crippen molar-refractivity contribution >= 4 is 24.8 Å². The van der Waals surface area contributed by atoms with Gasteiger partial charge in [-0.05, 0) is 98.3 Å². The van der Waals surface area contributed by atoms with E-state index in [9.17, 15) is 0 Å². The van der Waals surface area contributed by atoms with E-state index in [1.54, 1.807) is 0 Å². The topological polar surface area (TPSA) is 24.9 Å². The number of nitrogens with zero attached hydrogens (tertiary/aromatic N) is 2. The van der Waals surface area contributed by atoms with Crippen molar-refractivity contribution in [2.24, 2.45) is 11.8 Å². The second kappa shape index (κ2) is 20.6. The van der Waals surface area contributed by atoms with Crippen LogP contribution in [-0.2, 0) is 33.1 Å². The van der Waals surface area contributed by atoms with Gasteiger partial charge in [-0.2, -0.15) is 0 Å². The Hall–Kier alpha value is -1.14. The lowest BCUT2D eigenvalue weighted by Crippen LogP contribution is -2.47. The van der Waals surface area contributed by atoms with E-state index in [4.69, 9.17) is 9.47 Å². The average Bonchev–Trinajstić information content (AvgIpc) is 2.97. The Morgan fingerprint density at radius 1 is 0.562 bits per heavy atom. The molecule has 6 heteroatoms. The van der Waals surface area contributed by atoms with Crippen molar-refractivity contribution in [1.29, 1.82) is 0 Å². The van der Waals surface area contributed by atoms with Crippen molar-refractivity contribution in [2.75, 3.05) is 39.3 Å². The van der Waals surface area contributed by atoms with Gasteiger partial charge in [0, 0.05) is 39.3 Å². The maximum atomic E-state index is 5.83. The molecule has 0 bridgehead atoms. The number of morpholine rings is 2. The number of hydrogen-bond acceptors (Lipinski definition) is 4. The molecule has 2 aliphatic rings. The first kappa shape index (κ1) is 44.9. The van der Waals surface area contributed by atoms with Gasteiger partial charge >= 0.3 is 0 Å². The molecule has 2 aromatic rings. The molecule has 0 spiro atoms. The average molecular weight is 708 g/mol. The molecule has 0 aromatic heterocycles. The highest BCUT2D eigenvalue weighted by molar-refractivity contribution is 5.85. The second-order valence-electron chi connectivity index (χ2n) is 16.4. The van der Waals surface area contributed by atoms with Crippen LogP contribution in [-0.4, -0.2) is 73.5 Å². The summed E-state index contributed by atoms with van der Waals surface area (Å²) in [6.07, 6.45) is 6.12. The minimum atomic E-state index is 0. The van der Waals surface area contributed by atoms with Gasteiger partial charge in [0.05, 0.1) is 24.4 Å². The summed E-state index contributed by atoms with van der Waals surface area (Å²) in [7, 11) is 0. The van der Waals surface area contributed by atoms with Crippen LogP contribution in [0.1, 0.15) is 118 Å². The predicted molar refractivity (Wildman–Crippen MR) is 213 cm³/mol. The Kier molecular flexibility index (Phi) is 19.3.